The van der Waals surface area contributed by atoms with Crippen LogP contribution in [0.3, 0.4) is 0 Å². The first-order valence-electron chi connectivity index (χ1n) is 7.45. The summed E-state index contributed by atoms with van der Waals surface area (Å²) in [4.78, 5) is 0. The van der Waals surface area contributed by atoms with E-state index in [0.29, 0.717) is 0 Å². The predicted molar refractivity (Wildman–Crippen MR) is 77.4 cm³/mol. The highest BCUT2D eigenvalue weighted by molar-refractivity contribution is 5.29. The Kier molecular flexibility index (Phi) is 5.67. The van der Waals surface area contributed by atoms with Gasteiger partial charge in [0, 0.05) is 6.04 Å². The third-order valence-electron chi connectivity index (χ3n) is 3.67. The maximum absolute atomic E-state index is 10.4. The average molecular weight is 263 g/mol. The maximum Gasteiger partial charge on any atom is 0.119 e. The van der Waals surface area contributed by atoms with Crippen LogP contribution in [0.4, 0.5) is 0 Å². The second-order valence-corrected chi connectivity index (χ2v) is 5.27. The van der Waals surface area contributed by atoms with Crippen LogP contribution in [-0.4, -0.2) is 24.3 Å². The van der Waals surface area contributed by atoms with E-state index in [4.69, 9.17) is 4.74 Å². The number of aliphatic hydroxyl groups is 1. The van der Waals surface area contributed by atoms with Gasteiger partial charge in [-0.15, -0.1) is 0 Å². The minimum Gasteiger partial charge on any atom is -0.494 e. The smallest absolute Gasteiger partial charge is 0.119 e. The first-order chi connectivity index (χ1) is 9.31. The Morgan fingerprint density at radius 1 is 1.26 bits per heavy atom. The first kappa shape index (κ1) is 14.4. The highest BCUT2D eigenvalue weighted by Gasteiger charge is 2.21. The lowest BCUT2D eigenvalue weighted by Crippen LogP contribution is -2.34. The fourth-order valence-electron chi connectivity index (χ4n) is 2.54. The zero-order valence-electron chi connectivity index (χ0n) is 11.8. The van der Waals surface area contributed by atoms with Crippen LogP contribution in [0, 0.1) is 0 Å². The van der Waals surface area contributed by atoms with Gasteiger partial charge in [0.15, 0.2) is 0 Å². The highest BCUT2D eigenvalue weighted by atomic mass is 16.5. The molecule has 1 aromatic carbocycles. The van der Waals surface area contributed by atoms with Crippen molar-refractivity contribution >= 4 is 0 Å². The third kappa shape index (κ3) is 4.22. The Morgan fingerprint density at radius 2 is 2.05 bits per heavy atom. The number of hydrogen-bond donors (Lipinski definition) is 2. The molecule has 1 saturated heterocycles. The molecule has 1 aromatic rings. The number of benzene rings is 1. The molecule has 1 heterocycles. The summed E-state index contributed by atoms with van der Waals surface area (Å²) in [5.74, 6) is 0.881. The van der Waals surface area contributed by atoms with Crippen molar-refractivity contribution in [3.8, 4) is 5.75 Å². The van der Waals surface area contributed by atoms with E-state index in [1.54, 1.807) is 0 Å². The van der Waals surface area contributed by atoms with Crippen LogP contribution in [0.1, 0.15) is 50.7 Å². The molecule has 0 aromatic heterocycles. The van der Waals surface area contributed by atoms with Gasteiger partial charge in [-0.05, 0) is 43.5 Å². The fourth-order valence-corrected chi connectivity index (χ4v) is 2.54. The molecule has 1 aliphatic rings. The zero-order valence-corrected chi connectivity index (χ0v) is 11.8. The summed E-state index contributed by atoms with van der Waals surface area (Å²) in [6.45, 7) is 3.85. The summed E-state index contributed by atoms with van der Waals surface area (Å²) >= 11 is 0. The molecule has 0 spiro atoms. The standard InChI is InChI=1S/C16H25NO2/c1-2-12-19-14-9-7-13(8-10-14)16(18)15-6-4-3-5-11-17-15/h7-10,15-18H,2-6,11-12H2,1H3. The van der Waals surface area contributed by atoms with Crippen molar-refractivity contribution in [3.63, 3.8) is 0 Å². The van der Waals surface area contributed by atoms with E-state index < -0.39 is 6.10 Å². The van der Waals surface area contributed by atoms with Crippen LogP contribution >= 0.6 is 0 Å². The molecule has 3 heteroatoms. The Bertz CT molecular complexity index is 356. The van der Waals surface area contributed by atoms with Crippen molar-refractivity contribution in [1.82, 2.24) is 5.32 Å². The van der Waals surface area contributed by atoms with Crippen LogP contribution in [0.25, 0.3) is 0 Å². The van der Waals surface area contributed by atoms with Gasteiger partial charge in [0.2, 0.25) is 0 Å². The van der Waals surface area contributed by atoms with Crippen LogP contribution in [0.15, 0.2) is 24.3 Å². The molecule has 106 valence electrons. The van der Waals surface area contributed by atoms with Crippen LogP contribution in [0.5, 0.6) is 5.75 Å². The molecule has 2 N–H and O–H groups in total. The van der Waals surface area contributed by atoms with Gasteiger partial charge in [0.05, 0.1) is 12.7 Å². The molecule has 1 fully saturated rings. The lowest BCUT2D eigenvalue weighted by Gasteiger charge is -2.22. The molecule has 1 aliphatic heterocycles. The average Bonchev–Trinajstić information content (AvgIpc) is 2.74. The predicted octanol–water partition coefficient (Wildman–Crippen LogP) is 3.04. The highest BCUT2D eigenvalue weighted by Crippen LogP contribution is 2.24. The summed E-state index contributed by atoms with van der Waals surface area (Å²) < 4.78 is 5.56. The Labute approximate surface area is 116 Å². The number of ether oxygens (including phenoxy) is 1. The quantitative estimate of drug-likeness (QED) is 0.858. The molecule has 0 radical (unpaired) electrons. The van der Waals surface area contributed by atoms with Gasteiger partial charge in [-0.3, -0.25) is 0 Å². The minimum atomic E-state index is -0.418. The van der Waals surface area contributed by atoms with E-state index in [2.05, 4.69) is 12.2 Å². The summed E-state index contributed by atoms with van der Waals surface area (Å²) in [5.41, 5.74) is 0.975. The molecule has 0 bridgehead atoms. The van der Waals surface area contributed by atoms with E-state index in [1.165, 1.54) is 19.3 Å². The SMILES string of the molecule is CCCOc1ccc(C(O)C2CCCCCN2)cc1. The monoisotopic (exact) mass is 263 g/mol. The first-order valence-corrected chi connectivity index (χ1v) is 7.45. The van der Waals surface area contributed by atoms with Gasteiger partial charge in [0.1, 0.15) is 5.75 Å². The van der Waals surface area contributed by atoms with Crippen LogP contribution < -0.4 is 10.1 Å². The van der Waals surface area contributed by atoms with Gasteiger partial charge >= 0.3 is 0 Å². The summed E-state index contributed by atoms with van der Waals surface area (Å²) in [5, 5.41) is 13.9. The maximum atomic E-state index is 10.4. The molecule has 2 atom stereocenters. The molecule has 0 aliphatic carbocycles. The topological polar surface area (TPSA) is 41.5 Å². The van der Waals surface area contributed by atoms with Crippen LogP contribution in [-0.2, 0) is 0 Å². The molecule has 2 unspecified atom stereocenters. The van der Waals surface area contributed by atoms with E-state index in [-0.39, 0.29) is 6.04 Å². The summed E-state index contributed by atoms with van der Waals surface area (Å²) in [6, 6.07) is 8.03. The summed E-state index contributed by atoms with van der Waals surface area (Å²) in [6.07, 6.45) is 5.32. The number of nitrogens with one attached hydrogen (secondary N) is 1. The largest absolute Gasteiger partial charge is 0.494 e. The van der Waals surface area contributed by atoms with Crippen molar-refractivity contribution < 1.29 is 9.84 Å². The van der Waals surface area contributed by atoms with Crippen molar-refractivity contribution in [2.75, 3.05) is 13.2 Å². The zero-order chi connectivity index (χ0) is 13.5. The van der Waals surface area contributed by atoms with Crippen molar-refractivity contribution in [2.24, 2.45) is 0 Å². The van der Waals surface area contributed by atoms with E-state index in [9.17, 15) is 5.11 Å². The fraction of sp³-hybridized carbons (Fsp3) is 0.625. The van der Waals surface area contributed by atoms with Gasteiger partial charge in [-0.2, -0.15) is 0 Å². The summed E-state index contributed by atoms with van der Waals surface area (Å²) in [7, 11) is 0. The van der Waals surface area contributed by atoms with Crippen molar-refractivity contribution in [3.05, 3.63) is 29.8 Å². The van der Waals surface area contributed by atoms with Gasteiger partial charge in [0.25, 0.3) is 0 Å². The molecular formula is C16H25NO2. The number of hydrogen-bond acceptors (Lipinski definition) is 3. The molecule has 3 nitrogen and oxygen atoms in total. The normalized spacial score (nSPS) is 21.7. The Balaban J connectivity index is 1.95. The second kappa shape index (κ2) is 7.51. The van der Waals surface area contributed by atoms with Gasteiger partial charge in [-0.25, -0.2) is 0 Å². The minimum absolute atomic E-state index is 0.185. The lowest BCUT2D eigenvalue weighted by atomic mass is 9.98. The molecule has 0 saturated carbocycles. The third-order valence-corrected chi connectivity index (χ3v) is 3.67. The molecule has 0 amide bonds. The lowest BCUT2D eigenvalue weighted by molar-refractivity contribution is 0.126. The van der Waals surface area contributed by atoms with Crippen molar-refractivity contribution in [2.45, 2.75) is 51.2 Å². The number of aliphatic hydroxyl groups excluding tert-OH is 1. The molecule has 19 heavy (non-hydrogen) atoms. The Hall–Kier alpha value is -1.06. The van der Waals surface area contributed by atoms with Gasteiger partial charge in [-0.1, -0.05) is 31.9 Å². The van der Waals surface area contributed by atoms with Crippen molar-refractivity contribution in [1.29, 1.82) is 0 Å². The van der Waals surface area contributed by atoms with E-state index >= 15 is 0 Å². The molecule has 2 rings (SSSR count). The van der Waals surface area contributed by atoms with E-state index in [1.807, 2.05) is 24.3 Å². The Morgan fingerprint density at radius 3 is 2.79 bits per heavy atom. The molecular weight excluding hydrogens is 238 g/mol. The second-order valence-electron chi connectivity index (χ2n) is 5.27. The number of rotatable bonds is 5. The van der Waals surface area contributed by atoms with E-state index in [0.717, 1.165) is 37.3 Å². The van der Waals surface area contributed by atoms with Crippen LogP contribution in [0.2, 0.25) is 0 Å². The van der Waals surface area contributed by atoms with Gasteiger partial charge < -0.3 is 15.2 Å².